The number of carbonyl (C=O) groups excluding carboxylic acids is 2. The van der Waals surface area contributed by atoms with Crippen LogP contribution in [0.3, 0.4) is 0 Å². The number of carbonyl (C=O) groups is 2. The summed E-state index contributed by atoms with van der Waals surface area (Å²) >= 11 is 0. The summed E-state index contributed by atoms with van der Waals surface area (Å²) in [6, 6.07) is 6.78. The van der Waals surface area contributed by atoms with Gasteiger partial charge in [-0.2, -0.15) is 0 Å². The lowest BCUT2D eigenvalue weighted by atomic mass is 9.86. The first kappa shape index (κ1) is 20.1. The van der Waals surface area contributed by atoms with Gasteiger partial charge in [-0.25, -0.2) is 9.78 Å². The zero-order chi connectivity index (χ0) is 22.8. The van der Waals surface area contributed by atoms with Crippen molar-refractivity contribution in [2.45, 2.75) is 39.0 Å². The molecule has 1 aromatic carbocycles. The molecule has 5 rings (SSSR count). The van der Waals surface area contributed by atoms with Gasteiger partial charge in [0.05, 0.1) is 29.0 Å². The third kappa shape index (κ3) is 2.66. The Hall–Kier alpha value is -3.78. The topological polar surface area (TPSA) is 108 Å². The fourth-order valence-electron chi connectivity index (χ4n) is 4.55. The molecule has 0 saturated heterocycles. The standard InChI is InChI=1S/C24H20N2O6/c1-4-14-15-8-13(32-12(3)27)6-7-19(15)25-21-16(14)10-26-20(21)9-18-17(22(26)28)11-31-23(29)24(18,30)5-2/h4,6-9,30H,1,5,10-11H2,2-3H3/t24-/m0/s1. The molecule has 2 aliphatic rings. The molecule has 0 amide bonds. The third-order valence-electron chi connectivity index (χ3n) is 6.17. The molecule has 0 saturated carbocycles. The molecule has 4 heterocycles. The van der Waals surface area contributed by atoms with Crippen LogP contribution in [0.15, 0.2) is 35.6 Å². The van der Waals surface area contributed by atoms with Gasteiger partial charge in [0.15, 0.2) is 5.60 Å². The number of pyridine rings is 2. The maximum atomic E-state index is 13.3. The van der Waals surface area contributed by atoms with E-state index < -0.39 is 17.5 Å². The molecule has 3 aromatic rings. The van der Waals surface area contributed by atoms with E-state index in [1.165, 1.54) is 6.92 Å². The van der Waals surface area contributed by atoms with Crippen LogP contribution in [0.25, 0.3) is 28.4 Å². The van der Waals surface area contributed by atoms with Crippen LogP contribution in [-0.4, -0.2) is 26.6 Å². The number of nitrogens with zero attached hydrogens (tertiary/aromatic N) is 2. The van der Waals surface area contributed by atoms with Crippen LogP contribution in [0.4, 0.5) is 0 Å². The minimum atomic E-state index is -1.87. The fraction of sp³-hybridized carbons (Fsp3) is 0.250. The molecule has 0 aliphatic carbocycles. The highest BCUT2D eigenvalue weighted by atomic mass is 16.6. The molecule has 0 spiro atoms. The first-order valence-electron chi connectivity index (χ1n) is 10.2. The molecule has 32 heavy (non-hydrogen) atoms. The highest BCUT2D eigenvalue weighted by molar-refractivity contribution is 5.94. The van der Waals surface area contributed by atoms with Crippen molar-refractivity contribution in [2.75, 3.05) is 0 Å². The molecule has 8 nitrogen and oxygen atoms in total. The monoisotopic (exact) mass is 432 g/mol. The summed E-state index contributed by atoms with van der Waals surface area (Å²) in [5, 5.41) is 11.7. The van der Waals surface area contributed by atoms with Gasteiger partial charge in [0, 0.05) is 23.4 Å². The number of benzene rings is 1. The van der Waals surface area contributed by atoms with E-state index in [-0.39, 0.29) is 36.3 Å². The van der Waals surface area contributed by atoms with Crippen LogP contribution < -0.4 is 10.3 Å². The summed E-state index contributed by atoms with van der Waals surface area (Å²) in [7, 11) is 0. The second-order valence-corrected chi connectivity index (χ2v) is 7.93. The van der Waals surface area contributed by atoms with Crippen LogP contribution in [0.2, 0.25) is 0 Å². The SMILES string of the molecule is C=Cc1c2c(nc3ccc(OC(C)=O)cc13)-c1cc3c(c(=O)n1C2)COC(=O)[C@]3(O)CC. The van der Waals surface area contributed by atoms with Gasteiger partial charge < -0.3 is 19.1 Å². The largest absolute Gasteiger partial charge is 0.458 e. The quantitative estimate of drug-likeness (QED) is 0.392. The van der Waals surface area contributed by atoms with Crippen molar-refractivity contribution in [2.24, 2.45) is 0 Å². The molecule has 0 radical (unpaired) electrons. The summed E-state index contributed by atoms with van der Waals surface area (Å²) in [5.41, 5.74) is 1.66. The van der Waals surface area contributed by atoms with E-state index in [1.807, 2.05) is 0 Å². The first-order chi connectivity index (χ1) is 15.3. The van der Waals surface area contributed by atoms with Crippen molar-refractivity contribution in [1.82, 2.24) is 9.55 Å². The lowest BCUT2D eigenvalue weighted by Crippen LogP contribution is -2.44. The molecular weight excluding hydrogens is 412 g/mol. The van der Waals surface area contributed by atoms with E-state index in [0.29, 0.717) is 22.7 Å². The fourth-order valence-corrected chi connectivity index (χ4v) is 4.55. The summed E-state index contributed by atoms with van der Waals surface area (Å²) in [6.45, 7) is 7.01. The molecular formula is C24H20N2O6. The number of esters is 2. The predicted molar refractivity (Wildman–Crippen MR) is 116 cm³/mol. The van der Waals surface area contributed by atoms with E-state index in [1.54, 1.807) is 41.8 Å². The van der Waals surface area contributed by atoms with Crippen molar-refractivity contribution in [3.8, 4) is 17.1 Å². The zero-order valence-corrected chi connectivity index (χ0v) is 17.6. The Morgan fingerprint density at radius 1 is 1.34 bits per heavy atom. The van der Waals surface area contributed by atoms with Gasteiger partial charge in [0.1, 0.15) is 12.4 Å². The summed E-state index contributed by atoms with van der Waals surface area (Å²) in [6.07, 6.45) is 1.77. The number of hydrogen-bond acceptors (Lipinski definition) is 7. The van der Waals surface area contributed by atoms with E-state index >= 15 is 0 Å². The molecule has 2 aromatic heterocycles. The van der Waals surface area contributed by atoms with E-state index in [4.69, 9.17) is 14.5 Å². The van der Waals surface area contributed by atoms with Gasteiger partial charge >= 0.3 is 11.9 Å². The second-order valence-electron chi connectivity index (χ2n) is 7.93. The molecule has 0 fully saturated rings. The van der Waals surface area contributed by atoms with Gasteiger partial charge in [0.25, 0.3) is 5.56 Å². The Bertz CT molecular complexity index is 1420. The highest BCUT2D eigenvalue weighted by Crippen LogP contribution is 2.40. The Balaban J connectivity index is 1.77. The van der Waals surface area contributed by atoms with Crippen molar-refractivity contribution < 1.29 is 24.2 Å². The van der Waals surface area contributed by atoms with Crippen molar-refractivity contribution >= 4 is 28.9 Å². The Labute approximate surface area is 182 Å². The van der Waals surface area contributed by atoms with Crippen LogP contribution in [-0.2, 0) is 33.1 Å². The van der Waals surface area contributed by atoms with E-state index in [2.05, 4.69) is 6.58 Å². The van der Waals surface area contributed by atoms with Crippen molar-refractivity contribution in [1.29, 1.82) is 0 Å². The normalized spacial score (nSPS) is 18.5. The number of rotatable bonds is 3. The summed E-state index contributed by atoms with van der Waals surface area (Å²) < 4.78 is 11.9. The molecule has 1 N–H and O–H groups in total. The van der Waals surface area contributed by atoms with Crippen LogP contribution in [0, 0.1) is 0 Å². The van der Waals surface area contributed by atoms with Crippen LogP contribution in [0.5, 0.6) is 5.75 Å². The lowest BCUT2D eigenvalue weighted by molar-refractivity contribution is -0.172. The molecule has 1 atom stereocenters. The van der Waals surface area contributed by atoms with Gasteiger partial charge in [-0.05, 0) is 36.2 Å². The molecule has 0 bridgehead atoms. The zero-order valence-electron chi connectivity index (χ0n) is 17.6. The lowest BCUT2D eigenvalue weighted by Gasteiger charge is -2.31. The second kappa shape index (κ2) is 6.86. The highest BCUT2D eigenvalue weighted by Gasteiger charge is 2.45. The van der Waals surface area contributed by atoms with Crippen LogP contribution >= 0.6 is 0 Å². The number of cyclic esters (lactones) is 1. The Kier molecular flexibility index (Phi) is 4.32. The van der Waals surface area contributed by atoms with Gasteiger partial charge in [-0.15, -0.1) is 0 Å². The van der Waals surface area contributed by atoms with E-state index in [0.717, 1.165) is 16.5 Å². The number of aromatic nitrogens is 2. The average Bonchev–Trinajstić information content (AvgIpc) is 3.13. The molecule has 2 aliphatic heterocycles. The molecule has 162 valence electrons. The first-order valence-corrected chi connectivity index (χ1v) is 10.2. The number of hydrogen-bond donors (Lipinski definition) is 1. The van der Waals surface area contributed by atoms with Gasteiger partial charge in [-0.1, -0.05) is 19.6 Å². The van der Waals surface area contributed by atoms with Crippen LogP contribution in [0.1, 0.15) is 42.5 Å². The predicted octanol–water partition coefficient (Wildman–Crippen LogP) is 2.65. The minimum Gasteiger partial charge on any atom is -0.458 e. The summed E-state index contributed by atoms with van der Waals surface area (Å²) in [4.78, 5) is 41.7. The van der Waals surface area contributed by atoms with Crippen molar-refractivity contribution in [3.05, 3.63) is 63.5 Å². The number of aliphatic hydroxyl groups is 1. The van der Waals surface area contributed by atoms with Gasteiger partial charge in [-0.3, -0.25) is 9.59 Å². The average molecular weight is 432 g/mol. The Morgan fingerprint density at radius 3 is 2.81 bits per heavy atom. The van der Waals surface area contributed by atoms with Gasteiger partial charge in [0.2, 0.25) is 0 Å². The van der Waals surface area contributed by atoms with E-state index in [9.17, 15) is 19.5 Å². The molecule has 0 unspecified atom stereocenters. The number of ether oxygens (including phenoxy) is 2. The van der Waals surface area contributed by atoms with Crippen molar-refractivity contribution in [3.63, 3.8) is 0 Å². The minimum absolute atomic E-state index is 0.0799. The smallest absolute Gasteiger partial charge is 0.343 e. The third-order valence-corrected chi connectivity index (χ3v) is 6.17. The molecule has 8 heteroatoms. The number of fused-ring (bicyclic) bond motifs is 5. The summed E-state index contributed by atoms with van der Waals surface area (Å²) in [5.74, 6) is -0.795. The maximum Gasteiger partial charge on any atom is 0.343 e. The Morgan fingerprint density at radius 2 is 2.12 bits per heavy atom. The maximum absolute atomic E-state index is 13.3.